The van der Waals surface area contributed by atoms with Gasteiger partial charge < -0.3 is 0 Å². The van der Waals surface area contributed by atoms with E-state index in [1.807, 2.05) is 24.4 Å². The maximum atomic E-state index is 4.33. The fourth-order valence-corrected chi connectivity index (χ4v) is 1.70. The average molecular weight is 175 g/mol. The van der Waals surface area contributed by atoms with E-state index >= 15 is 0 Å². The molecule has 0 aliphatic carbocycles. The topological polar surface area (TPSA) is 25.8 Å². The second-order valence-electron chi connectivity index (χ2n) is 2.46. The molecule has 2 aromatic rings. The van der Waals surface area contributed by atoms with E-state index < -0.39 is 0 Å². The number of thiazole rings is 1. The molecule has 0 saturated heterocycles. The quantitative estimate of drug-likeness (QED) is 0.664. The first-order valence-electron chi connectivity index (χ1n) is 3.61. The second kappa shape index (κ2) is 3.03. The Labute approximate surface area is 74.9 Å². The Bertz CT molecular complexity index is 367. The monoisotopic (exact) mass is 175 g/mol. The minimum atomic E-state index is 0.968. The van der Waals surface area contributed by atoms with Crippen molar-refractivity contribution in [2.24, 2.45) is 0 Å². The number of hydrogen-bond acceptors (Lipinski definition) is 3. The lowest BCUT2D eigenvalue weighted by Gasteiger charge is -1.90. The third kappa shape index (κ3) is 1.36. The first kappa shape index (κ1) is 7.43. The highest BCUT2D eigenvalue weighted by Crippen LogP contribution is 2.21. The molecule has 0 N–H and O–H groups in total. The third-order valence-electron chi connectivity index (χ3n) is 1.46. The van der Waals surface area contributed by atoms with E-state index in [2.05, 4.69) is 16.2 Å². The van der Waals surface area contributed by atoms with Crippen LogP contribution in [0.15, 0.2) is 23.7 Å². The van der Waals surface area contributed by atoms with Crippen molar-refractivity contribution >= 4 is 11.3 Å². The molecule has 12 heavy (non-hydrogen) atoms. The molecule has 0 atom stereocenters. The molecule has 2 aromatic heterocycles. The van der Waals surface area contributed by atoms with E-state index in [1.165, 1.54) is 0 Å². The molecule has 0 spiro atoms. The summed E-state index contributed by atoms with van der Waals surface area (Å²) < 4.78 is 0. The lowest BCUT2D eigenvalue weighted by atomic mass is 10.3. The minimum Gasteiger partial charge on any atom is -0.254 e. The van der Waals surface area contributed by atoms with Gasteiger partial charge in [-0.2, -0.15) is 0 Å². The molecule has 2 rings (SSSR count). The van der Waals surface area contributed by atoms with Crippen molar-refractivity contribution in [1.82, 2.24) is 9.97 Å². The first-order valence-corrected chi connectivity index (χ1v) is 4.49. The third-order valence-corrected chi connectivity index (χ3v) is 2.45. The molecule has 0 aliphatic heterocycles. The van der Waals surface area contributed by atoms with Crippen molar-refractivity contribution in [1.29, 1.82) is 0 Å². The van der Waals surface area contributed by atoms with Crippen molar-refractivity contribution in [2.75, 3.05) is 0 Å². The van der Waals surface area contributed by atoms with Gasteiger partial charge in [-0.15, -0.1) is 11.3 Å². The fraction of sp³-hybridized carbons (Fsp3) is 0.111. The zero-order valence-electron chi connectivity index (χ0n) is 6.61. The van der Waals surface area contributed by atoms with Crippen LogP contribution in [0.4, 0.5) is 0 Å². The van der Waals surface area contributed by atoms with Crippen molar-refractivity contribution < 1.29 is 0 Å². The number of rotatable bonds is 1. The normalized spacial score (nSPS) is 10.1. The van der Waals surface area contributed by atoms with Crippen molar-refractivity contribution in [2.45, 2.75) is 6.92 Å². The maximum Gasteiger partial charge on any atom is 0.125 e. The number of hydrogen-bond donors (Lipinski definition) is 0. The van der Waals surface area contributed by atoms with Crippen LogP contribution < -0.4 is 0 Å². The van der Waals surface area contributed by atoms with Crippen molar-refractivity contribution in [3.63, 3.8) is 0 Å². The van der Waals surface area contributed by atoms with E-state index in [4.69, 9.17) is 0 Å². The predicted octanol–water partition coefficient (Wildman–Crippen LogP) is 2.31. The van der Waals surface area contributed by atoms with Gasteiger partial charge in [-0.05, 0) is 19.1 Å². The van der Waals surface area contributed by atoms with Crippen LogP contribution in [0.5, 0.6) is 0 Å². The Balaban J connectivity index is 2.45. The van der Waals surface area contributed by atoms with Gasteiger partial charge in [0, 0.05) is 22.8 Å². The lowest BCUT2D eigenvalue weighted by molar-refractivity contribution is 1.25. The molecule has 0 bridgehead atoms. The molecule has 1 radical (unpaired) electrons. The van der Waals surface area contributed by atoms with Gasteiger partial charge in [-0.3, -0.25) is 4.98 Å². The summed E-state index contributed by atoms with van der Waals surface area (Å²) in [7, 11) is 0. The zero-order chi connectivity index (χ0) is 8.39. The fourth-order valence-electron chi connectivity index (χ4n) is 0.923. The molecular formula is C9H7N2S. The summed E-state index contributed by atoms with van der Waals surface area (Å²) in [5, 5.41) is 3.01. The smallest absolute Gasteiger partial charge is 0.125 e. The molecule has 59 valence electrons. The average Bonchev–Trinajstić information content (AvgIpc) is 2.54. The maximum absolute atomic E-state index is 4.33. The molecule has 0 aromatic carbocycles. The van der Waals surface area contributed by atoms with E-state index in [0.717, 1.165) is 16.3 Å². The van der Waals surface area contributed by atoms with Crippen LogP contribution in [0.1, 0.15) is 5.69 Å². The summed E-state index contributed by atoms with van der Waals surface area (Å²) in [5.41, 5.74) is 2.02. The van der Waals surface area contributed by atoms with E-state index in [9.17, 15) is 0 Å². The van der Waals surface area contributed by atoms with Gasteiger partial charge in [-0.1, -0.05) is 0 Å². The van der Waals surface area contributed by atoms with Gasteiger partial charge in [0.15, 0.2) is 0 Å². The highest BCUT2D eigenvalue weighted by molar-refractivity contribution is 7.13. The van der Waals surface area contributed by atoms with Crippen LogP contribution >= 0.6 is 11.3 Å². The molecule has 3 heteroatoms. The minimum absolute atomic E-state index is 0.968. The van der Waals surface area contributed by atoms with Crippen LogP contribution in [-0.2, 0) is 0 Å². The van der Waals surface area contributed by atoms with E-state index in [1.54, 1.807) is 17.5 Å². The van der Waals surface area contributed by atoms with Crippen LogP contribution in [0.25, 0.3) is 10.6 Å². The van der Waals surface area contributed by atoms with Crippen LogP contribution in [0.3, 0.4) is 0 Å². The van der Waals surface area contributed by atoms with Gasteiger partial charge in [0.05, 0.1) is 6.20 Å². The van der Waals surface area contributed by atoms with E-state index in [-0.39, 0.29) is 0 Å². The predicted molar refractivity (Wildman–Crippen MR) is 48.9 cm³/mol. The zero-order valence-corrected chi connectivity index (χ0v) is 7.43. The molecule has 2 heterocycles. The summed E-state index contributed by atoms with van der Waals surface area (Å²) in [5.74, 6) is 0. The number of nitrogens with zero attached hydrogens (tertiary/aromatic N) is 2. The highest BCUT2D eigenvalue weighted by Gasteiger charge is 2.00. The summed E-state index contributed by atoms with van der Waals surface area (Å²) in [6.07, 6.45) is 4.61. The van der Waals surface area contributed by atoms with E-state index in [0.29, 0.717) is 0 Å². The summed E-state index contributed by atoms with van der Waals surface area (Å²) >= 11 is 1.62. The number of pyridine rings is 1. The van der Waals surface area contributed by atoms with Crippen LogP contribution in [0.2, 0.25) is 0 Å². The van der Waals surface area contributed by atoms with Crippen molar-refractivity contribution in [3.8, 4) is 10.6 Å². The molecule has 0 amide bonds. The Morgan fingerprint density at radius 3 is 3.00 bits per heavy atom. The van der Waals surface area contributed by atoms with Gasteiger partial charge in [-0.25, -0.2) is 4.98 Å². The second-order valence-corrected chi connectivity index (χ2v) is 3.31. The lowest BCUT2D eigenvalue weighted by Crippen LogP contribution is -1.78. The molecular weight excluding hydrogens is 168 g/mol. The largest absolute Gasteiger partial charge is 0.254 e. The number of aromatic nitrogens is 2. The molecule has 0 aliphatic rings. The SMILES string of the molecule is Cc1csc(-c2[c]nccc2)n1. The van der Waals surface area contributed by atoms with Crippen LogP contribution in [0, 0.1) is 13.1 Å². The highest BCUT2D eigenvalue weighted by atomic mass is 32.1. The van der Waals surface area contributed by atoms with Gasteiger partial charge >= 0.3 is 0 Å². The van der Waals surface area contributed by atoms with Crippen LogP contribution in [-0.4, -0.2) is 9.97 Å². The Morgan fingerprint density at radius 2 is 2.42 bits per heavy atom. The Morgan fingerprint density at radius 1 is 1.50 bits per heavy atom. The number of aryl methyl sites for hydroxylation is 1. The standard InChI is InChI=1S/C9H7N2S/c1-7-6-12-9(11-7)8-3-2-4-10-5-8/h2-4,6H,1H3. The summed E-state index contributed by atoms with van der Waals surface area (Å²) in [4.78, 5) is 8.24. The van der Waals surface area contributed by atoms with Gasteiger partial charge in [0.25, 0.3) is 0 Å². The molecule has 0 fully saturated rings. The van der Waals surface area contributed by atoms with Crippen molar-refractivity contribution in [3.05, 3.63) is 35.6 Å². The molecule has 2 nitrogen and oxygen atoms in total. The Kier molecular flexibility index (Phi) is 1.87. The molecule has 0 saturated carbocycles. The Hall–Kier alpha value is -1.22. The summed E-state index contributed by atoms with van der Waals surface area (Å²) in [6.45, 7) is 1.98. The molecule has 0 unspecified atom stereocenters. The first-order chi connectivity index (χ1) is 5.86. The summed E-state index contributed by atoms with van der Waals surface area (Å²) in [6, 6.07) is 3.86. The van der Waals surface area contributed by atoms with Gasteiger partial charge in [0.2, 0.25) is 0 Å². The van der Waals surface area contributed by atoms with Gasteiger partial charge in [0.1, 0.15) is 5.01 Å².